The third-order valence-corrected chi connectivity index (χ3v) is 7.16. The van der Waals surface area contributed by atoms with Crippen molar-refractivity contribution in [1.29, 1.82) is 0 Å². The summed E-state index contributed by atoms with van der Waals surface area (Å²) in [4.78, 5) is 32.1. The third kappa shape index (κ3) is 5.01. The summed E-state index contributed by atoms with van der Waals surface area (Å²) < 4.78 is 11.3. The molecule has 0 atom stereocenters. The van der Waals surface area contributed by atoms with Crippen LogP contribution in [0.2, 0.25) is 5.02 Å². The minimum absolute atomic E-state index is 0.101. The summed E-state index contributed by atoms with van der Waals surface area (Å²) in [5, 5.41) is 11.7. The second-order valence-corrected chi connectivity index (χ2v) is 9.52. The number of hydrogen-bond acceptors (Lipinski definition) is 8. The maximum atomic E-state index is 12.8. The molecule has 0 bridgehead atoms. The number of nitrogens with zero attached hydrogens (tertiary/aromatic N) is 4. The van der Waals surface area contributed by atoms with Crippen LogP contribution in [0.5, 0.6) is 0 Å². The fourth-order valence-corrected chi connectivity index (χ4v) is 5.08. The van der Waals surface area contributed by atoms with E-state index in [1.807, 2.05) is 24.3 Å². The van der Waals surface area contributed by atoms with Gasteiger partial charge in [0.05, 0.1) is 33.8 Å². The number of aliphatic imine (C=N–C) groups is 1. The van der Waals surface area contributed by atoms with Crippen LogP contribution in [0, 0.1) is 10.1 Å². The molecule has 11 heteroatoms. The van der Waals surface area contributed by atoms with Gasteiger partial charge in [-0.1, -0.05) is 11.6 Å². The van der Waals surface area contributed by atoms with Gasteiger partial charge in [0, 0.05) is 49.6 Å². The van der Waals surface area contributed by atoms with Gasteiger partial charge in [0.15, 0.2) is 5.17 Å². The largest absolute Gasteiger partial charge is 0.457 e. The van der Waals surface area contributed by atoms with E-state index in [0.29, 0.717) is 27.2 Å². The molecule has 0 aliphatic carbocycles. The topological polar surface area (TPSA) is 101 Å². The average molecular weight is 525 g/mol. The van der Waals surface area contributed by atoms with Gasteiger partial charge < -0.3 is 14.1 Å². The molecule has 1 amide bonds. The molecule has 3 aromatic rings. The van der Waals surface area contributed by atoms with Crippen molar-refractivity contribution in [3.8, 4) is 11.3 Å². The number of likely N-dealkylation sites (N-methyl/N-ethyl adjacent to an activating group) is 1. The maximum Gasteiger partial charge on any atom is 0.270 e. The standard InChI is InChI=1S/C25H21ClN4O5S/c1-28-24(31)23(15-19-7-9-22(35-19)20-8-6-18(30(32)33)14-21(20)26)36-25(28)27-16-2-4-17(5-3-16)29-10-12-34-13-11-29/h2-9,14-15H,10-13H2,1H3/b23-15-,27-25?. The Kier molecular flexibility index (Phi) is 6.82. The van der Waals surface area contributed by atoms with Crippen molar-refractivity contribution in [2.75, 3.05) is 38.3 Å². The third-order valence-electron chi connectivity index (χ3n) is 5.78. The van der Waals surface area contributed by atoms with Crippen LogP contribution in [0.25, 0.3) is 17.4 Å². The number of carbonyl (C=O) groups excluding carboxylic acids is 1. The molecule has 9 nitrogen and oxygen atoms in total. The van der Waals surface area contributed by atoms with E-state index >= 15 is 0 Å². The number of nitro benzene ring substituents is 1. The van der Waals surface area contributed by atoms with E-state index in [4.69, 9.17) is 20.8 Å². The molecule has 0 radical (unpaired) electrons. The van der Waals surface area contributed by atoms with Crippen LogP contribution in [0.15, 0.2) is 68.9 Å². The zero-order valence-corrected chi connectivity index (χ0v) is 20.8. The zero-order chi connectivity index (χ0) is 25.2. The SMILES string of the molecule is CN1C(=O)/C(=C/c2ccc(-c3ccc([N+](=O)[O-])cc3Cl)o2)SC1=Nc1ccc(N2CCOCC2)cc1. The highest BCUT2D eigenvalue weighted by Crippen LogP contribution is 2.36. The number of carbonyl (C=O) groups is 1. The molecule has 184 valence electrons. The minimum atomic E-state index is -0.509. The first-order chi connectivity index (χ1) is 17.4. The number of amides is 1. The van der Waals surface area contributed by atoms with Crippen molar-refractivity contribution in [3.05, 3.63) is 80.4 Å². The van der Waals surface area contributed by atoms with Crippen molar-refractivity contribution >= 4 is 57.6 Å². The molecule has 0 unspecified atom stereocenters. The van der Waals surface area contributed by atoms with Crippen molar-refractivity contribution < 1.29 is 18.9 Å². The van der Waals surface area contributed by atoms with Crippen LogP contribution in [0.3, 0.4) is 0 Å². The number of thioether (sulfide) groups is 1. The summed E-state index contributed by atoms with van der Waals surface area (Å²) in [6.07, 6.45) is 1.65. The Morgan fingerprint density at radius 1 is 1.11 bits per heavy atom. The van der Waals surface area contributed by atoms with E-state index in [9.17, 15) is 14.9 Å². The van der Waals surface area contributed by atoms with E-state index in [1.54, 1.807) is 25.3 Å². The van der Waals surface area contributed by atoms with Crippen LogP contribution >= 0.6 is 23.4 Å². The summed E-state index contributed by atoms with van der Waals surface area (Å²) in [7, 11) is 1.68. The van der Waals surface area contributed by atoms with E-state index in [-0.39, 0.29) is 16.6 Å². The monoisotopic (exact) mass is 524 g/mol. The van der Waals surface area contributed by atoms with Crippen molar-refractivity contribution in [2.24, 2.45) is 4.99 Å². The average Bonchev–Trinajstić information content (AvgIpc) is 3.45. The normalized spacial score (nSPS) is 18.4. The fourth-order valence-electron chi connectivity index (χ4n) is 3.84. The van der Waals surface area contributed by atoms with E-state index < -0.39 is 4.92 Å². The number of non-ortho nitro benzene ring substituents is 1. The molecule has 2 aliphatic rings. The first kappa shape index (κ1) is 24.1. The Bertz CT molecular complexity index is 1380. The quantitative estimate of drug-likeness (QED) is 0.244. The fraction of sp³-hybridized carbons (Fsp3) is 0.200. The van der Waals surface area contributed by atoms with Crippen molar-refractivity contribution in [2.45, 2.75) is 0 Å². The van der Waals surface area contributed by atoms with Crippen LogP contribution in [0.4, 0.5) is 17.1 Å². The highest BCUT2D eigenvalue weighted by Gasteiger charge is 2.30. The van der Waals surface area contributed by atoms with Crippen LogP contribution in [-0.2, 0) is 9.53 Å². The predicted octanol–water partition coefficient (Wildman–Crippen LogP) is 5.58. The van der Waals surface area contributed by atoms with Gasteiger partial charge in [-0.3, -0.25) is 19.8 Å². The summed E-state index contributed by atoms with van der Waals surface area (Å²) >= 11 is 7.47. The summed E-state index contributed by atoms with van der Waals surface area (Å²) in [5.74, 6) is 0.717. The lowest BCUT2D eigenvalue weighted by Crippen LogP contribution is -2.36. The number of nitro groups is 1. The summed E-state index contributed by atoms with van der Waals surface area (Å²) in [6.45, 7) is 3.17. The number of ether oxygens (including phenoxy) is 1. The number of rotatable bonds is 5. The van der Waals surface area contributed by atoms with E-state index in [2.05, 4.69) is 9.89 Å². The molecule has 0 saturated carbocycles. The molecule has 1 aromatic heterocycles. The molecule has 2 saturated heterocycles. The lowest BCUT2D eigenvalue weighted by molar-refractivity contribution is -0.384. The van der Waals surface area contributed by atoms with Crippen LogP contribution in [0.1, 0.15) is 5.76 Å². The van der Waals surface area contributed by atoms with Crippen LogP contribution < -0.4 is 4.90 Å². The summed E-state index contributed by atoms with van der Waals surface area (Å²) in [5.41, 5.74) is 2.30. The van der Waals surface area contributed by atoms with Gasteiger partial charge in [-0.2, -0.15) is 0 Å². The molecule has 5 rings (SSSR count). The molecule has 0 spiro atoms. The van der Waals surface area contributed by atoms with Crippen molar-refractivity contribution in [1.82, 2.24) is 4.90 Å². The molecule has 2 aliphatic heterocycles. The van der Waals surface area contributed by atoms with Crippen LogP contribution in [-0.4, -0.2) is 54.2 Å². The number of benzene rings is 2. The Hall–Kier alpha value is -3.60. The Morgan fingerprint density at radius 3 is 2.56 bits per heavy atom. The van der Waals surface area contributed by atoms with Gasteiger partial charge in [-0.15, -0.1) is 0 Å². The highest BCUT2D eigenvalue weighted by atomic mass is 35.5. The van der Waals surface area contributed by atoms with Gasteiger partial charge in [-0.25, -0.2) is 4.99 Å². The lowest BCUT2D eigenvalue weighted by Gasteiger charge is -2.28. The van der Waals surface area contributed by atoms with Gasteiger partial charge in [-0.05, 0) is 54.2 Å². The second-order valence-electron chi connectivity index (χ2n) is 8.11. The minimum Gasteiger partial charge on any atom is -0.457 e. The smallest absolute Gasteiger partial charge is 0.270 e. The predicted molar refractivity (Wildman–Crippen MR) is 141 cm³/mol. The Labute approximate surface area is 216 Å². The van der Waals surface area contributed by atoms with Gasteiger partial charge in [0.1, 0.15) is 11.5 Å². The van der Waals surface area contributed by atoms with Crippen molar-refractivity contribution in [3.63, 3.8) is 0 Å². The van der Waals surface area contributed by atoms with Gasteiger partial charge in [0.2, 0.25) is 0 Å². The van der Waals surface area contributed by atoms with E-state index in [1.165, 1.54) is 34.9 Å². The number of hydrogen-bond donors (Lipinski definition) is 0. The molecule has 0 N–H and O–H groups in total. The van der Waals surface area contributed by atoms with Gasteiger partial charge in [0.25, 0.3) is 11.6 Å². The molecule has 36 heavy (non-hydrogen) atoms. The number of morpholine rings is 1. The number of anilines is 1. The molecule has 3 heterocycles. The first-order valence-corrected chi connectivity index (χ1v) is 12.3. The Morgan fingerprint density at radius 2 is 1.86 bits per heavy atom. The molecule has 2 fully saturated rings. The maximum absolute atomic E-state index is 12.8. The van der Waals surface area contributed by atoms with E-state index in [0.717, 1.165) is 37.7 Å². The lowest BCUT2D eigenvalue weighted by atomic mass is 10.1. The zero-order valence-electron chi connectivity index (χ0n) is 19.2. The number of amidine groups is 1. The molecular formula is C25H21ClN4O5S. The summed E-state index contributed by atoms with van der Waals surface area (Å²) in [6, 6.07) is 15.5. The molecular weight excluding hydrogens is 504 g/mol. The van der Waals surface area contributed by atoms with Gasteiger partial charge >= 0.3 is 0 Å². The number of halogens is 1. The second kappa shape index (κ2) is 10.2. The highest BCUT2D eigenvalue weighted by molar-refractivity contribution is 8.18. The first-order valence-electron chi connectivity index (χ1n) is 11.1. The molecule has 2 aromatic carbocycles. The number of furan rings is 1. The Balaban J connectivity index is 1.32.